The van der Waals surface area contributed by atoms with Crippen LogP contribution >= 0.6 is 0 Å². The molecule has 0 amide bonds. The molecule has 4 heteroatoms. The minimum atomic E-state index is -0.681. The van der Waals surface area contributed by atoms with Crippen molar-refractivity contribution in [2.24, 2.45) is 0 Å². The molecule has 0 bridgehead atoms. The summed E-state index contributed by atoms with van der Waals surface area (Å²) in [6, 6.07) is 3.79. The number of nitriles is 1. The lowest BCUT2D eigenvalue weighted by molar-refractivity contribution is 0.399. The standard InChI is InChI=1S/C10H9F2NO/c1-14-10-6-7(11)5-9(12)8(10)3-2-4-13/h5-6H,2-3H2,1H3. The maximum Gasteiger partial charge on any atom is 0.133 e. The maximum atomic E-state index is 13.2. The molecule has 1 rings (SSSR count). The molecule has 0 N–H and O–H groups in total. The van der Waals surface area contributed by atoms with Gasteiger partial charge in [-0.15, -0.1) is 0 Å². The van der Waals surface area contributed by atoms with Gasteiger partial charge in [0.1, 0.15) is 17.4 Å². The number of halogens is 2. The molecule has 2 nitrogen and oxygen atoms in total. The SMILES string of the molecule is COc1cc(F)cc(F)c1CCC#N. The minimum absolute atomic E-state index is 0.151. The zero-order valence-electron chi connectivity index (χ0n) is 7.68. The fraction of sp³-hybridized carbons (Fsp3) is 0.300. The van der Waals surface area contributed by atoms with E-state index in [1.165, 1.54) is 7.11 Å². The summed E-state index contributed by atoms with van der Waals surface area (Å²) in [6.45, 7) is 0. The number of hydrogen-bond acceptors (Lipinski definition) is 2. The zero-order chi connectivity index (χ0) is 10.6. The number of hydrogen-bond donors (Lipinski definition) is 0. The second-order valence-electron chi connectivity index (χ2n) is 2.73. The van der Waals surface area contributed by atoms with Crippen molar-refractivity contribution in [3.63, 3.8) is 0 Å². The van der Waals surface area contributed by atoms with Crippen LogP contribution in [0.4, 0.5) is 8.78 Å². The Morgan fingerprint density at radius 3 is 2.71 bits per heavy atom. The van der Waals surface area contributed by atoms with Crippen LogP contribution in [0, 0.1) is 23.0 Å². The average Bonchev–Trinajstić information content (AvgIpc) is 2.15. The molecule has 0 heterocycles. The summed E-state index contributed by atoms with van der Waals surface area (Å²) in [5, 5.41) is 8.35. The highest BCUT2D eigenvalue weighted by Gasteiger charge is 2.11. The Balaban J connectivity index is 3.06. The van der Waals surface area contributed by atoms with Crippen molar-refractivity contribution in [2.75, 3.05) is 7.11 Å². The summed E-state index contributed by atoms with van der Waals surface area (Å²) in [5.41, 5.74) is 0.246. The normalized spacial score (nSPS) is 9.57. The van der Waals surface area contributed by atoms with Gasteiger partial charge < -0.3 is 4.74 Å². The quantitative estimate of drug-likeness (QED) is 0.745. The van der Waals surface area contributed by atoms with E-state index < -0.39 is 11.6 Å². The number of nitrogens with zero attached hydrogens (tertiary/aromatic N) is 1. The molecule has 0 radical (unpaired) electrons. The summed E-state index contributed by atoms with van der Waals surface area (Å²) in [4.78, 5) is 0. The van der Waals surface area contributed by atoms with Crippen LogP contribution in [-0.2, 0) is 6.42 Å². The Kier molecular flexibility index (Phi) is 3.41. The second-order valence-corrected chi connectivity index (χ2v) is 2.73. The molecule has 0 aliphatic heterocycles. The first-order valence-electron chi connectivity index (χ1n) is 4.08. The van der Waals surface area contributed by atoms with Crippen LogP contribution < -0.4 is 4.74 Å². The monoisotopic (exact) mass is 197 g/mol. The molecule has 0 aliphatic rings. The molecule has 0 atom stereocenters. The molecule has 0 aromatic heterocycles. The van der Waals surface area contributed by atoms with Gasteiger partial charge >= 0.3 is 0 Å². The lowest BCUT2D eigenvalue weighted by atomic mass is 10.1. The first-order chi connectivity index (χ1) is 6.69. The Bertz CT molecular complexity index is 371. The third kappa shape index (κ3) is 2.19. The lowest BCUT2D eigenvalue weighted by Crippen LogP contribution is -1.97. The van der Waals surface area contributed by atoms with Crippen LogP contribution in [0.5, 0.6) is 5.75 Å². The molecule has 0 fully saturated rings. The molecule has 14 heavy (non-hydrogen) atoms. The molecule has 1 aromatic carbocycles. The van der Waals surface area contributed by atoms with Gasteiger partial charge in [0.05, 0.1) is 13.2 Å². The molecule has 0 spiro atoms. The highest BCUT2D eigenvalue weighted by atomic mass is 19.1. The van der Waals surface area contributed by atoms with Crippen molar-refractivity contribution in [2.45, 2.75) is 12.8 Å². The molecule has 0 saturated heterocycles. The predicted molar refractivity (Wildman–Crippen MR) is 46.8 cm³/mol. The van der Waals surface area contributed by atoms with Gasteiger partial charge in [0.25, 0.3) is 0 Å². The molecule has 74 valence electrons. The summed E-state index contributed by atoms with van der Waals surface area (Å²) in [6.07, 6.45) is 0.407. The fourth-order valence-electron chi connectivity index (χ4n) is 1.19. The number of benzene rings is 1. The highest BCUT2D eigenvalue weighted by Crippen LogP contribution is 2.24. The summed E-state index contributed by atoms with van der Waals surface area (Å²) >= 11 is 0. The van der Waals surface area contributed by atoms with E-state index >= 15 is 0 Å². The van der Waals surface area contributed by atoms with Crippen LogP contribution in [0.1, 0.15) is 12.0 Å². The van der Waals surface area contributed by atoms with Crippen molar-refractivity contribution < 1.29 is 13.5 Å². The van der Waals surface area contributed by atoms with Crippen LogP contribution in [0.2, 0.25) is 0 Å². The highest BCUT2D eigenvalue weighted by molar-refractivity contribution is 5.35. The average molecular weight is 197 g/mol. The predicted octanol–water partition coefficient (Wildman–Crippen LogP) is 2.43. The largest absolute Gasteiger partial charge is 0.496 e. The van der Waals surface area contributed by atoms with E-state index in [2.05, 4.69) is 0 Å². The van der Waals surface area contributed by atoms with Gasteiger partial charge in [-0.05, 0) is 6.42 Å². The summed E-state index contributed by atoms with van der Waals surface area (Å²) < 4.78 is 30.7. The van der Waals surface area contributed by atoms with Gasteiger partial charge in [0.15, 0.2) is 0 Å². The van der Waals surface area contributed by atoms with E-state index in [4.69, 9.17) is 10.00 Å². The molecular formula is C10H9F2NO. The van der Waals surface area contributed by atoms with E-state index in [-0.39, 0.29) is 24.2 Å². The van der Waals surface area contributed by atoms with Gasteiger partial charge in [-0.2, -0.15) is 5.26 Å². The number of ether oxygens (including phenoxy) is 1. The van der Waals surface area contributed by atoms with Crippen molar-refractivity contribution in [3.8, 4) is 11.8 Å². The molecular weight excluding hydrogens is 188 g/mol. The number of methoxy groups -OCH3 is 1. The Morgan fingerprint density at radius 1 is 1.43 bits per heavy atom. The van der Waals surface area contributed by atoms with Gasteiger partial charge in [-0.3, -0.25) is 0 Å². The second kappa shape index (κ2) is 4.56. The van der Waals surface area contributed by atoms with Gasteiger partial charge in [-0.1, -0.05) is 0 Å². The van der Waals surface area contributed by atoms with Gasteiger partial charge in [0, 0.05) is 24.1 Å². The first-order valence-corrected chi connectivity index (χ1v) is 4.08. The van der Waals surface area contributed by atoms with Crippen LogP contribution in [0.25, 0.3) is 0 Å². The third-order valence-electron chi connectivity index (χ3n) is 1.83. The van der Waals surface area contributed by atoms with Gasteiger partial charge in [0.2, 0.25) is 0 Å². The Labute approximate surface area is 80.7 Å². The summed E-state index contributed by atoms with van der Waals surface area (Å²) in [7, 11) is 1.34. The van der Waals surface area contributed by atoms with Crippen LogP contribution in [-0.4, -0.2) is 7.11 Å². The van der Waals surface area contributed by atoms with Crippen LogP contribution in [0.3, 0.4) is 0 Å². The molecule has 0 unspecified atom stereocenters. The molecule has 1 aromatic rings. The van der Waals surface area contributed by atoms with E-state index in [1.807, 2.05) is 6.07 Å². The molecule has 0 aliphatic carbocycles. The maximum absolute atomic E-state index is 13.2. The van der Waals surface area contributed by atoms with Crippen molar-refractivity contribution in [3.05, 3.63) is 29.3 Å². The summed E-state index contributed by atoms with van der Waals surface area (Å²) in [5.74, 6) is -1.20. The van der Waals surface area contributed by atoms with Crippen molar-refractivity contribution >= 4 is 0 Å². The molecule has 0 saturated carbocycles. The minimum Gasteiger partial charge on any atom is -0.496 e. The zero-order valence-corrected chi connectivity index (χ0v) is 7.68. The third-order valence-corrected chi connectivity index (χ3v) is 1.83. The van der Waals surface area contributed by atoms with Crippen molar-refractivity contribution in [1.82, 2.24) is 0 Å². The van der Waals surface area contributed by atoms with Crippen molar-refractivity contribution in [1.29, 1.82) is 5.26 Å². The van der Waals surface area contributed by atoms with Gasteiger partial charge in [-0.25, -0.2) is 8.78 Å². The first kappa shape index (κ1) is 10.5. The van der Waals surface area contributed by atoms with E-state index in [0.717, 1.165) is 12.1 Å². The van der Waals surface area contributed by atoms with E-state index in [1.54, 1.807) is 0 Å². The topological polar surface area (TPSA) is 33.0 Å². The Hall–Kier alpha value is -1.63. The number of rotatable bonds is 3. The van der Waals surface area contributed by atoms with Crippen LogP contribution in [0.15, 0.2) is 12.1 Å². The fourth-order valence-corrected chi connectivity index (χ4v) is 1.19. The van der Waals surface area contributed by atoms with E-state index in [0.29, 0.717) is 0 Å². The Morgan fingerprint density at radius 2 is 2.14 bits per heavy atom. The lowest BCUT2D eigenvalue weighted by Gasteiger charge is -2.07. The van der Waals surface area contributed by atoms with E-state index in [9.17, 15) is 8.78 Å². The smallest absolute Gasteiger partial charge is 0.133 e.